The first-order valence-electron chi connectivity index (χ1n) is 13.9. The monoisotopic (exact) mass is 577 g/mol. The van der Waals surface area contributed by atoms with Crippen LogP contribution in [0.1, 0.15) is 28.3 Å². The molecule has 3 atom stereocenters. The van der Waals surface area contributed by atoms with E-state index in [4.69, 9.17) is 4.74 Å². The molecular weight excluding hydrogens is 546 g/mol. The van der Waals surface area contributed by atoms with Crippen molar-refractivity contribution in [1.29, 1.82) is 0 Å². The van der Waals surface area contributed by atoms with Crippen LogP contribution in [0.2, 0.25) is 0 Å². The minimum Gasteiger partial charge on any atom is -0.508 e. The maximum absolute atomic E-state index is 13.9. The second-order valence-electron chi connectivity index (χ2n) is 10.3. The lowest BCUT2D eigenvalue weighted by molar-refractivity contribution is -0.156. The largest absolute Gasteiger partial charge is 0.508 e. The molecule has 3 amide bonds. The summed E-state index contributed by atoms with van der Waals surface area (Å²) in [5, 5.41) is 18.6. The van der Waals surface area contributed by atoms with Gasteiger partial charge in [-0.25, -0.2) is 0 Å². The van der Waals surface area contributed by atoms with Gasteiger partial charge in [0, 0.05) is 17.7 Å². The van der Waals surface area contributed by atoms with Crippen LogP contribution in [0.25, 0.3) is 0 Å². The van der Waals surface area contributed by atoms with Gasteiger partial charge in [-0.1, -0.05) is 91.0 Å². The number of ether oxygens (including phenoxy) is 1. The molecule has 1 aliphatic rings. The summed E-state index contributed by atoms with van der Waals surface area (Å²) in [6.07, 6.45) is -1.25. The van der Waals surface area contributed by atoms with E-state index in [2.05, 4.69) is 16.0 Å². The fourth-order valence-corrected chi connectivity index (χ4v) is 5.00. The van der Waals surface area contributed by atoms with Crippen LogP contribution in [0.15, 0.2) is 109 Å². The van der Waals surface area contributed by atoms with Gasteiger partial charge in [-0.2, -0.15) is 0 Å². The van der Waals surface area contributed by atoms with E-state index in [1.54, 1.807) is 24.3 Å². The number of carbonyl (C=O) groups excluding carboxylic acids is 4. The number of anilines is 1. The Balaban J connectivity index is 1.40. The molecule has 4 aromatic rings. The van der Waals surface area contributed by atoms with Crippen LogP contribution in [0.5, 0.6) is 5.75 Å². The topological polar surface area (TPSA) is 134 Å². The molecule has 0 aromatic heterocycles. The number of aromatic hydroxyl groups is 1. The van der Waals surface area contributed by atoms with Gasteiger partial charge >= 0.3 is 5.97 Å². The fraction of sp³-hybridized carbons (Fsp3) is 0.176. The van der Waals surface area contributed by atoms with Gasteiger partial charge in [0.25, 0.3) is 5.91 Å². The highest BCUT2D eigenvalue weighted by Crippen LogP contribution is 2.35. The van der Waals surface area contributed by atoms with Crippen molar-refractivity contribution in [2.45, 2.75) is 37.5 Å². The lowest BCUT2D eigenvalue weighted by Gasteiger charge is -2.34. The van der Waals surface area contributed by atoms with Crippen LogP contribution in [0.4, 0.5) is 5.69 Å². The lowest BCUT2D eigenvalue weighted by Crippen LogP contribution is -2.54. The Morgan fingerprint density at radius 1 is 0.791 bits per heavy atom. The molecule has 0 saturated heterocycles. The molecule has 43 heavy (non-hydrogen) atoms. The van der Waals surface area contributed by atoms with Crippen molar-refractivity contribution in [3.05, 3.63) is 131 Å². The molecule has 0 fully saturated rings. The standard InChI is InChI=1S/C34H31N3O6/c38-25-16-17-27-26(21-25)31(32(34(42)36-27)43-30(40)20-24-14-8-3-9-15-24)37-33(41)28(18-22-10-4-1-5-11-22)35-29(39)19-23-12-6-2-7-13-23/h1-17,21,28,31-32,38H,18-20H2,(H,35,39)(H,36,42)(H,37,41)/t28-,31-,32+/m0/s1. The molecule has 9 nitrogen and oxygen atoms in total. The molecule has 1 heterocycles. The van der Waals surface area contributed by atoms with E-state index in [-0.39, 0.29) is 30.9 Å². The summed E-state index contributed by atoms with van der Waals surface area (Å²) in [5.41, 5.74) is 3.02. The van der Waals surface area contributed by atoms with Gasteiger partial charge in [0.2, 0.25) is 17.9 Å². The van der Waals surface area contributed by atoms with E-state index in [0.29, 0.717) is 16.8 Å². The number of phenolic OH excluding ortho intramolecular Hbond substituents is 1. The molecule has 218 valence electrons. The van der Waals surface area contributed by atoms with Crippen LogP contribution in [0, 0.1) is 0 Å². The van der Waals surface area contributed by atoms with Gasteiger partial charge in [0.15, 0.2) is 0 Å². The molecule has 0 unspecified atom stereocenters. The van der Waals surface area contributed by atoms with Gasteiger partial charge in [-0.15, -0.1) is 0 Å². The molecule has 4 aromatic carbocycles. The van der Waals surface area contributed by atoms with Crippen molar-refractivity contribution < 1.29 is 29.0 Å². The number of nitrogens with one attached hydrogen (secondary N) is 3. The van der Waals surface area contributed by atoms with Crippen molar-refractivity contribution in [2.24, 2.45) is 0 Å². The minimum atomic E-state index is -1.42. The molecule has 0 spiro atoms. The molecule has 0 radical (unpaired) electrons. The van der Waals surface area contributed by atoms with E-state index in [1.807, 2.05) is 66.7 Å². The fourth-order valence-electron chi connectivity index (χ4n) is 5.00. The van der Waals surface area contributed by atoms with Crippen molar-refractivity contribution in [3.8, 4) is 5.75 Å². The number of rotatable bonds is 10. The third-order valence-electron chi connectivity index (χ3n) is 7.08. The first kappa shape index (κ1) is 29.1. The predicted octanol–water partition coefficient (Wildman–Crippen LogP) is 3.63. The summed E-state index contributed by atoms with van der Waals surface area (Å²) in [5.74, 6) is -2.32. The van der Waals surface area contributed by atoms with Crippen molar-refractivity contribution in [3.63, 3.8) is 0 Å². The number of carbonyl (C=O) groups is 4. The smallest absolute Gasteiger partial charge is 0.311 e. The van der Waals surface area contributed by atoms with Crippen molar-refractivity contribution in [1.82, 2.24) is 10.6 Å². The highest BCUT2D eigenvalue weighted by Gasteiger charge is 2.41. The normalized spacial score (nSPS) is 16.2. The maximum Gasteiger partial charge on any atom is 0.311 e. The zero-order valence-electron chi connectivity index (χ0n) is 23.2. The number of hydrogen-bond acceptors (Lipinski definition) is 6. The zero-order chi connectivity index (χ0) is 30.2. The summed E-state index contributed by atoms with van der Waals surface area (Å²) in [7, 11) is 0. The number of fused-ring (bicyclic) bond motifs is 1. The zero-order valence-corrected chi connectivity index (χ0v) is 23.2. The first-order chi connectivity index (χ1) is 20.9. The van der Waals surface area contributed by atoms with Gasteiger partial charge < -0.3 is 25.8 Å². The Hall–Kier alpha value is -5.44. The Morgan fingerprint density at radius 2 is 1.37 bits per heavy atom. The summed E-state index contributed by atoms with van der Waals surface area (Å²) >= 11 is 0. The number of esters is 1. The van der Waals surface area contributed by atoms with Gasteiger partial charge in [0.05, 0.1) is 12.8 Å². The molecule has 0 saturated carbocycles. The average molecular weight is 578 g/mol. The van der Waals surface area contributed by atoms with Crippen LogP contribution >= 0.6 is 0 Å². The van der Waals surface area contributed by atoms with Gasteiger partial charge in [-0.3, -0.25) is 19.2 Å². The maximum atomic E-state index is 13.9. The number of amides is 3. The van der Waals surface area contributed by atoms with Gasteiger partial charge in [-0.05, 0) is 34.9 Å². The summed E-state index contributed by atoms with van der Waals surface area (Å²) in [6.45, 7) is 0. The molecular formula is C34H31N3O6. The molecule has 9 heteroatoms. The van der Waals surface area contributed by atoms with Crippen molar-refractivity contribution >= 4 is 29.4 Å². The van der Waals surface area contributed by atoms with E-state index in [0.717, 1.165) is 11.1 Å². The van der Waals surface area contributed by atoms with Crippen LogP contribution in [0.3, 0.4) is 0 Å². The van der Waals surface area contributed by atoms with Crippen LogP contribution < -0.4 is 16.0 Å². The Kier molecular flexibility index (Phi) is 9.11. The molecule has 1 aliphatic heterocycles. The first-order valence-corrected chi connectivity index (χ1v) is 13.9. The van der Waals surface area contributed by atoms with E-state index in [9.17, 15) is 24.3 Å². The highest BCUT2D eigenvalue weighted by molar-refractivity contribution is 6.00. The molecule has 5 rings (SSSR count). The summed E-state index contributed by atoms with van der Waals surface area (Å²) in [4.78, 5) is 53.0. The number of benzene rings is 4. The van der Waals surface area contributed by atoms with E-state index >= 15 is 0 Å². The van der Waals surface area contributed by atoms with E-state index in [1.165, 1.54) is 18.2 Å². The Labute approximate surface area is 248 Å². The van der Waals surface area contributed by atoms with E-state index < -0.39 is 36.0 Å². The van der Waals surface area contributed by atoms with Crippen LogP contribution in [-0.2, 0) is 43.2 Å². The SMILES string of the molecule is O=C(Cc1ccccc1)N[C@@H](Cc1ccccc1)C(=O)N[C@H]1c2cc(O)ccc2NC(=O)[C@@H]1OC(=O)Cc1ccccc1. The van der Waals surface area contributed by atoms with Crippen molar-refractivity contribution in [2.75, 3.05) is 5.32 Å². The summed E-state index contributed by atoms with van der Waals surface area (Å²) < 4.78 is 5.64. The van der Waals surface area contributed by atoms with Gasteiger partial charge in [0.1, 0.15) is 17.8 Å². The second kappa shape index (κ2) is 13.5. The minimum absolute atomic E-state index is 0.0711. The third-order valence-corrected chi connectivity index (χ3v) is 7.08. The number of hydrogen-bond donors (Lipinski definition) is 4. The summed E-state index contributed by atoms with van der Waals surface area (Å²) in [6, 6.07) is 29.5. The second-order valence-corrected chi connectivity index (χ2v) is 10.3. The predicted molar refractivity (Wildman–Crippen MR) is 160 cm³/mol. The Morgan fingerprint density at radius 3 is 2.00 bits per heavy atom. The highest BCUT2D eigenvalue weighted by atomic mass is 16.5. The molecule has 0 bridgehead atoms. The third kappa shape index (κ3) is 7.65. The van der Waals surface area contributed by atoms with Crippen LogP contribution in [-0.4, -0.2) is 40.9 Å². The quantitative estimate of drug-likeness (QED) is 0.168. The Bertz CT molecular complexity index is 1590. The lowest BCUT2D eigenvalue weighted by atomic mass is 9.93. The number of phenols is 1. The molecule has 0 aliphatic carbocycles. The average Bonchev–Trinajstić information content (AvgIpc) is 3.00. The molecule has 4 N–H and O–H groups in total.